The molecule has 0 fully saturated rings. The largest absolute Gasteiger partial charge is 0.462 e. The number of hydrogen-bond acceptors (Lipinski definition) is 6. The van der Waals surface area contributed by atoms with E-state index in [-0.39, 0.29) is 18.3 Å². The molecule has 1 aromatic heterocycles. The molecule has 7 nitrogen and oxygen atoms in total. The van der Waals surface area contributed by atoms with Crippen molar-refractivity contribution in [3.8, 4) is 11.5 Å². The van der Waals surface area contributed by atoms with E-state index in [1.54, 1.807) is 31.2 Å². The van der Waals surface area contributed by atoms with Gasteiger partial charge in [0.05, 0.1) is 12.2 Å². The average molecular weight is 365 g/mol. The van der Waals surface area contributed by atoms with Crippen LogP contribution in [0.25, 0.3) is 11.5 Å². The van der Waals surface area contributed by atoms with Gasteiger partial charge in [0.15, 0.2) is 0 Å². The highest BCUT2D eigenvalue weighted by Gasteiger charge is 2.11. The fourth-order valence-electron chi connectivity index (χ4n) is 2.40. The van der Waals surface area contributed by atoms with E-state index in [4.69, 9.17) is 9.15 Å². The highest BCUT2D eigenvalue weighted by atomic mass is 16.5. The Hall–Kier alpha value is -3.48. The minimum absolute atomic E-state index is 0.182. The number of rotatable bonds is 7. The second-order valence-corrected chi connectivity index (χ2v) is 5.71. The van der Waals surface area contributed by atoms with Crippen LogP contribution >= 0.6 is 0 Å². The van der Waals surface area contributed by atoms with Gasteiger partial charge in [0.25, 0.3) is 0 Å². The lowest BCUT2D eigenvalue weighted by molar-refractivity contribution is -0.116. The number of esters is 1. The molecule has 1 amide bonds. The van der Waals surface area contributed by atoms with Crippen LogP contribution in [0.3, 0.4) is 0 Å². The van der Waals surface area contributed by atoms with E-state index >= 15 is 0 Å². The van der Waals surface area contributed by atoms with Crippen LogP contribution in [-0.2, 0) is 16.0 Å². The number of anilines is 1. The minimum Gasteiger partial charge on any atom is -0.462 e. The van der Waals surface area contributed by atoms with Crippen molar-refractivity contribution in [2.75, 3.05) is 11.9 Å². The van der Waals surface area contributed by atoms with Crippen molar-refractivity contribution in [1.29, 1.82) is 0 Å². The first-order valence-corrected chi connectivity index (χ1v) is 8.60. The Balaban J connectivity index is 1.51. The fourth-order valence-corrected chi connectivity index (χ4v) is 2.40. The molecule has 0 bridgehead atoms. The number of aryl methyl sites for hydroxylation is 1. The number of hydrogen-bond donors (Lipinski definition) is 1. The quantitative estimate of drug-likeness (QED) is 0.644. The summed E-state index contributed by atoms with van der Waals surface area (Å²) in [6, 6.07) is 16.0. The predicted molar refractivity (Wildman–Crippen MR) is 99.1 cm³/mol. The second kappa shape index (κ2) is 8.75. The van der Waals surface area contributed by atoms with Crippen LogP contribution in [0.5, 0.6) is 0 Å². The molecule has 0 saturated heterocycles. The highest BCUT2D eigenvalue weighted by Crippen LogP contribution is 2.18. The number of aromatic nitrogens is 2. The van der Waals surface area contributed by atoms with Gasteiger partial charge in [-0.25, -0.2) is 4.79 Å². The van der Waals surface area contributed by atoms with E-state index < -0.39 is 0 Å². The summed E-state index contributed by atoms with van der Waals surface area (Å²) in [5.74, 6) is 0.265. The lowest BCUT2D eigenvalue weighted by atomic mass is 10.2. The molecule has 7 heteroatoms. The Morgan fingerprint density at radius 1 is 1.04 bits per heavy atom. The zero-order valence-electron chi connectivity index (χ0n) is 14.8. The molecular weight excluding hydrogens is 346 g/mol. The zero-order chi connectivity index (χ0) is 19.1. The molecule has 0 aliphatic heterocycles. The van der Waals surface area contributed by atoms with Crippen molar-refractivity contribution in [3.05, 3.63) is 66.1 Å². The summed E-state index contributed by atoms with van der Waals surface area (Å²) in [6.45, 7) is 2.07. The molecule has 2 aromatic carbocycles. The number of carbonyl (C=O) groups excluding carboxylic acids is 2. The zero-order valence-corrected chi connectivity index (χ0v) is 14.8. The molecule has 138 valence electrons. The van der Waals surface area contributed by atoms with Gasteiger partial charge >= 0.3 is 5.97 Å². The Morgan fingerprint density at radius 3 is 2.48 bits per heavy atom. The van der Waals surface area contributed by atoms with Crippen LogP contribution in [0.4, 0.5) is 5.69 Å². The summed E-state index contributed by atoms with van der Waals surface area (Å²) in [4.78, 5) is 23.7. The van der Waals surface area contributed by atoms with E-state index in [0.29, 0.717) is 36.1 Å². The Bertz CT molecular complexity index is 904. The monoisotopic (exact) mass is 365 g/mol. The molecule has 0 saturated carbocycles. The normalized spacial score (nSPS) is 10.4. The van der Waals surface area contributed by atoms with Gasteiger partial charge in [0, 0.05) is 24.1 Å². The number of nitrogens with one attached hydrogen (secondary N) is 1. The van der Waals surface area contributed by atoms with Crippen molar-refractivity contribution in [3.63, 3.8) is 0 Å². The summed E-state index contributed by atoms with van der Waals surface area (Å²) in [7, 11) is 0. The molecule has 27 heavy (non-hydrogen) atoms. The van der Waals surface area contributed by atoms with Gasteiger partial charge in [-0.05, 0) is 43.3 Å². The maximum absolute atomic E-state index is 12.1. The lowest BCUT2D eigenvalue weighted by Gasteiger charge is -2.06. The van der Waals surface area contributed by atoms with Gasteiger partial charge in [-0.3, -0.25) is 4.79 Å². The van der Waals surface area contributed by atoms with Gasteiger partial charge in [-0.15, -0.1) is 10.2 Å². The van der Waals surface area contributed by atoms with Gasteiger partial charge in [0.1, 0.15) is 0 Å². The fraction of sp³-hybridized carbons (Fsp3) is 0.200. The first-order valence-electron chi connectivity index (χ1n) is 8.60. The van der Waals surface area contributed by atoms with Crippen molar-refractivity contribution in [2.45, 2.75) is 19.8 Å². The molecule has 0 radical (unpaired) electrons. The summed E-state index contributed by atoms with van der Waals surface area (Å²) in [5, 5.41) is 10.7. The first kappa shape index (κ1) is 18.3. The Kier molecular flexibility index (Phi) is 5.94. The van der Waals surface area contributed by atoms with Crippen LogP contribution in [0.2, 0.25) is 0 Å². The standard InChI is InChI=1S/C20H19N3O4/c1-2-26-20(25)15-8-10-16(11-9-15)21-17(24)12-13-18-22-23-19(27-18)14-6-4-3-5-7-14/h3-11H,2,12-13H2,1H3,(H,21,24). The van der Waals surface area contributed by atoms with Crippen LogP contribution in [0.1, 0.15) is 29.6 Å². The molecule has 1 heterocycles. The number of ether oxygens (including phenoxy) is 1. The number of benzene rings is 2. The van der Waals surface area contributed by atoms with Crippen LogP contribution in [0, 0.1) is 0 Å². The topological polar surface area (TPSA) is 94.3 Å². The van der Waals surface area contributed by atoms with Crippen molar-refractivity contribution in [1.82, 2.24) is 10.2 Å². The molecule has 3 aromatic rings. The Labute approximate surface area is 156 Å². The summed E-state index contributed by atoms with van der Waals surface area (Å²) >= 11 is 0. The first-order chi connectivity index (χ1) is 13.2. The maximum Gasteiger partial charge on any atom is 0.338 e. The number of amides is 1. The van der Waals surface area contributed by atoms with Crippen LogP contribution < -0.4 is 5.32 Å². The van der Waals surface area contributed by atoms with Gasteiger partial charge < -0.3 is 14.5 Å². The van der Waals surface area contributed by atoms with Crippen molar-refractivity contribution >= 4 is 17.6 Å². The maximum atomic E-state index is 12.1. The predicted octanol–water partition coefficient (Wildman–Crippen LogP) is 3.48. The van der Waals surface area contributed by atoms with Crippen molar-refractivity contribution < 1.29 is 18.7 Å². The van der Waals surface area contributed by atoms with E-state index in [1.165, 1.54) is 0 Å². The average Bonchev–Trinajstić information content (AvgIpc) is 3.17. The van der Waals surface area contributed by atoms with Gasteiger partial charge in [-0.1, -0.05) is 18.2 Å². The van der Waals surface area contributed by atoms with E-state index in [0.717, 1.165) is 5.56 Å². The lowest BCUT2D eigenvalue weighted by Crippen LogP contribution is -2.12. The number of carbonyl (C=O) groups is 2. The second-order valence-electron chi connectivity index (χ2n) is 5.71. The molecule has 1 N–H and O–H groups in total. The third kappa shape index (κ3) is 5.01. The van der Waals surface area contributed by atoms with Crippen LogP contribution in [0.15, 0.2) is 59.0 Å². The highest BCUT2D eigenvalue weighted by molar-refractivity contribution is 5.93. The van der Waals surface area contributed by atoms with E-state index in [9.17, 15) is 9.59 Å². The molecular formula is C20H19N3O4. The molecule has 0 aliphatic carbocycles. The van der Waals surface area contributed by atoms with Crippen LogP contribution in [-0.4, -0.2) is 28.7 Å². The Morgan fingerprint density at radius 2 is 1.78 bits per heavy atom. The van der Waals surface area contributed by atoms with Gasteiger partial charge in [-0.2, -0.15) is 0 Å². The number of nitrogens with zero attached hydrogens (tertiary/aromatic N) is 2. The molecule has 3 rings (SSSR count). The molecule has 0 unspecified atom stereocenters. The third-order valence-electron chi connectivity index (χ3n) is 3.73. The third-order valence-corrected chi connectivity index (χ3v) is 3.73. The summed E-state index contributed by atoms with van der Waals surface area (Å²) in [5.41, 5.74) is 1.88. The minimum atomic E-state index is -0.388. The van der Waals surface area contributed by atoms with E-state index in [1.807, 2.05) is 30.3 Å². The molecule has 0 spiro atoms. The SMILES string of the molecule is CCOC(=O)c1ccc(NC(=O)CCc2nnc(-c3ccccc3)o2)cc1. The summed E-state index contributed by atoms with van der Waals surface area (Å²) in [6.07, 6.45) is 0.544. The summed E-state index contributed by atoms with van der Waals surface area (Å²) < 4.78 is 10.5. The molecule has 0 aliphatic rings. The van der Waals surface area contributed by atoms with E-state index in [2.05, 4.69) is 15.5 Å². The molecule has 0 atom stereocenters. The van der Waals surface area contributed by atoms with Crippen molar-refractivity contribution in [2.24, 2.45) is 0 Å². The van der Waals surface area contributed by atoms with Gasteiger partial charge in [0.2, 0.25) is 17.7 Å². The smallest absolute Gasteiger partial charge is 0.338 e.